The molecule has 0 aliphatic carbocycles. The molecule has 3 aromatic heterocycles. The average Bonchev–Trinajstić information content (AvgIpc) is 3.56. The van der Waals surface area contributed by atoms with Gasteiger partial charge in [0.1, 0.15) is 5.69 Å². The first-order valence-electron chi connectivity index (χ1n) is 11.7. The van der Waals surface area contributed by atoms with Gasteiger partial charge in [0.15, 0.2) is 11.4 Å². The third-order valence-electron chi connectivity index (χ3n) is 6.95. The largest absolute Gasteiger partial charge is 0.423 e. The van der Waals surface area contributed by atoms with Crippen LogP contribution in [0, 0.1) is 0 Å². The lowest BCUT2D eigenvalue weighted by Gasteiger charge is -2.10. The Hall–Kier alpha value is -4.83. The number of nitrogens with zero attached hydrogens (tertiary/aromatic N) is 3. The van der Waals surface area contributed by atoms with Gasteiger partial charge in [-0.2, -0.15) is 4.98 Å². The van der Waals surface area contributed by atoms with Crippen molar-refractivity contribution in [1.82, 2.24) is 14.0 Å². The summed E-state index contributed by atoms with van der Waals surface area (Å²) in [5.74, 6) is 1.45. The molecule has 0 bridgehead atoms. The van der Waals surface area contributed by atoms with Crippen molar-refractivity contribution in [3.05, 3.63) is 115 Å². The number of rotatable bonds is 2. The van der Waals surface area contributed by atoms with Gasteiger partial charge in [-0.25, -0.2) is 0 Å². The predicted octanol–water partition coefficient (Wildman–Crippen LogP) is 8.00. The molecule has 0 unspecified atom stereocenters. The quantitative estimate of drug-likeness (QED) is 0.268. The molecule has 0 fully saturated rings. The Morgan fingerprint density at radius 1 is 0.571 bits per heavy atom. The molecule has 0 atom stereocenters. The summed E-state index contributed by atoms with van der Waals surface area (Å²) in [6.45, 7) is 0. The zero-order valence-corrected chi connectivity index (χ0v) is 18.7. The molecule has 3 heterocycles. The van der Waals surface area contributed by atoms with E-state index in [-0.39, 0.29) is 0 Å². The lowest BCUT2D eigenvalue weighted by molar-refractivity contribution is 0.641. The maximum atomic E-state index is 6.24. The molecule has 8 rings (SSSR count). The molecule has 4 heteroatoms. The monoisotopic (exact) mass is 449 g/mol. The van der Waals surface area contributed by atoms with E-state index in [2.05, 4.69) is 106 Å². The summed E-state index contributed by atoms with van der Waals surface area (Å²) in [5, 5.41) is 4.83. The number of fused-ring (bicyclic) bond motifs is 7. The van der Waals surface area contributed by atoms with Gasteiger partial charge in [0.05, 0.1) is 16.6 Å². The van der Waals surface area contributed by atoms with E-state index in [0.29, 0.717) is 5.84 Å². The SMILES string of the molecule is c1ccc2cc(-c3c(-n4c5ccccc5c5ccccc54)nc4oc5ccccc5n34)ccc2c1. The Bertz CT molecular complexity index is 2020. The van der Waals surface area contributed by atoms with Crippen molar-refractivity contribution in [3.8, 4) is 17.1 Å². The van der Waals surface area contributed by atoms with Gasteiger partial charge in [-0.15, -0.1) is 0 Å². The standard InChI is InChI=1S/C31H19N3O/c1-2-10-21-19-22(18-17-20(21)9-1)29-30(32-31-34(29)27-15-7-8-16-28(27)35-31)33-25-13-5-3-11-23(25)24-12-4-6-14-26(24)33/h1-19H. The van der Waals surface area contributed by atoms with E-state index in [1.165, 1.54) is 21.5 Å². The summed E-state index contributed by atoms with van der Waals surface area (Å²) >= 11 is 0. The first-order chi connectivity index (χ1) is 17.4. The van der Waals surface area contributed by atoms with Crippen LogP contribution in [-0.4, -0.2) is 14.0 Å². The van der Waals surface area contributed by atoms with Crippen LogP contribution in [0.3, 0.4) is 0 Å². The van der Waals surface area contributed by atoms with Crippen LogP contribution in [0.5, 0.6) is 0 Å². The summed E-state index contributed by atoms with van der Waals surface area (Å²) in [6, 6.07) is 40.2. The molecule has 4 nitrogen and oxygen atoms in total. The summed E-state index contributed by atoms with van der Waals surface area (Å²) in [4.78, 5) is 5.11. The zero-order chi connectivity index (χ0) is 22.9. The molecule has 0 spiro atoms. The smallest absolute Gasteiger partial charge is 0.309 e. The molecule has 164 valence electrons. The van der Waals surface area contributed by atoms with Gasteiger partial charge in [-0.3, -0.25) is 8.97 Å². The van der Waals surface area contributed by atoms with Gasteiger partial charge < -0.3 is 4.42 Å². The second-order valence-corrected chi connectivity index (χ2v) is 8.90. The van der Waals surface area contributed by atoms with Gasteiger partial charge in [-0.05, 0) is 41.1 Å². The summed E-state index contributed by atoms with van der Waals surface area (Å²) in [5.41, 5.74) is 6.19. The Morgan fingerprint density at radius 2 is 1.20 bits per heavy atom. The van der Waals surface area contributed by atoms with Crippen molar-refractivity contribution >= 4 is 49.5 Å². The molecule has 8 aromatic rings. The highest BCUT2D eigenvalue weighted by Gasteiger charge is 2.24. The van der Waals surface area contributed by atoms with E-state index < -0.39 is 0 Å². The average molecular weight is 450 g/mol. The van der Waals surface area contributed by atoms with Crippen molar-refractivity contribution in [2.24, 2.45) is 0 Å². The number of imidazole rings is 1. The summed E-state index contributed by atoms with van der Waals surface area (Å²) in [6.07, 6.45) is 0. The molecule has 0 saturated heterocycles. The van der Waals surface area contributed by atoms with E-state index in [0.717, 1.165) is 39.2 Å². The predicted molar refractivity (Wildman–Crippen MR) is 142 cm³/mol. The fourth-order valence-corrected chi connectivity index (χ4v) is 5.41. The fourth-order valence-electron chi connectivity index (χ4n) is 5.41. The van der Waals surface area contributed by atoms with Gasteiger partial charge in [0.2, 0.25) is 0 Å². The minimum atomic E-state index is 0.589. The molecule has 0 saturated carbocycles. The Balaban J connectivity index is 1.57. The van der Waals surface area contributed by atoms with Crippen LogP contribution >= 0.6 is 0 Å². The highest BCUT2D eigenvalue weighted by Crippen LogP contribution is 2.38. The number of oxazole rings is 1. The van der Waals surface area contributed by atoms with E-state index >= 15 is 0 Å². The van der Waals surface area contributed by atoms with E-state index in [1.54, 1.807) is 0 Å². The highest BCUT2D eigenvalue weighted by molar-refractivity contribution is 6.09. The lowest BCUT2D eigenvalue weighted by atomic mass is 10.0. The zero-order valence-electron chi connectivity index (χ0n) is 18.7. The fraction of sp³-hybridized carbons (Fsp3) is 0. The minimum absolute atomic E-state index is 0.589. The van der Waals surface area contributed by atoms with Crippen LogP contribution in [-0.2, 0) is 0 Å². The molecule has 0 aliphatic heterocycles. The van der Waals surface area contributed by atoms with Crippen molar-refractivity contribution in [2.45, 2.75) is 0 Å². The van der Waals surface area contributed by atoms with E-state index in [9.17, 15) is 0 Å². The minimum Gasteiger partial charge on any atom is -0.423 e. The van der Waals surface area contributed by atoms with Gasteiger partial charge >= 0.3 is 5.84 Å². The molecule has 35 heavy (non-hydrogen) atoms. The van der Waals surface area contributed by atoms with Crippen LogP contribution in [0.15, 0.2) is 120 Å². The first kappa shape index (κ1) is 18.6. The highest BCUT2D eigenvalue weighted by atomic mass is 16.4. The Labute approximate surface area is 200 Å². The van der Waals surface area contributed by atoms with Crippen LogP contribution in [0.2, 0.25) is 0 Å². The Kier molecular flexibility index (Phi) is 3.63. The van der Waals surface area contributed by atoms with Crippen LogP contribution < -0.4 is 0 Å². The van der Waals surface area contributed by atoms with Crippen molar-refractivity contribution in [1.29, 1.82) is 0 Å². The molecule has 0 amide bonds. The van der Waals surface area contributed by atoms with E-state index in [1.807, 2.05) is 18.2 Å². The third kappa shape index (κ3) is 2.53. The molecular weight excluding hydrogens is 430 g/mol. The third-order valence-corrected chi connectivity index (χ3v) is 6.95. The summed E-state index contributed by atoms with van der Waals surface area (Å²) < 4.78 is 10.7. The molecular formula is C31H19N3O. The van der Waals surface area contributed by atoms with Crippen LogP contribution in [0.1, 0.15) is 0 Å². The van der Waals surface area contributed by atoms with Crippen LogP contribution in [0.4, 0.5) is 0 Å². The Morgan fingerprint density at radius 3 is 1.97 bits per heavy atom. The normalized spacial score (nSPS) is 12.0. The molecule has 0 aliphatic rings. The number of benzene rings is 5. The maximum Gasteiger partial charge on any atom is 0.309 e. The van der Waals surface area contributed by atoms with Gasteiger partial charge in [0, 0.05) is 16.3 Å². The first-order valence-corrected chi connectivity index (χ1v) is 11.7. The van der Waals surface area contributed by atoms with Crippen LogP contribution in [0.25, 0.3) is 66.6 Å². The second-order valence-electron chi connectivity index (χ2n) is 8.90. The van der Waals surface area contributed by atoms with Crippen molar-refractivity contribution in [3.63, 3.8) is 0 Å². The number of para-hydroxylation sites is 4. The molecule has 0 N–H and O–H groups in total. The van der Waals surface area contributed by atoms with Gasteiger partial charge in [0.25, 0.3) is 0 Å². The maximum absolute atomic E-state index is 6.24. The topological polar surface area (TPSA) is 35.4 Å². The number of hydrogen-bond acceptors (Lipinski definition) is 2. The second kappa shape index (κ2) is 6.84. The number of hydrogen-bond donors (Lipinski definition) is 0. The van der Waals surface area contributed by atoms with Crippen molar-refractivity contribution in [2.75, 3.05) is 0 Å². The molecule has 0 radical (unpaired) electrons. The summed E-state index contributed by atoms with van der Waals surface area (Å²) in [7, 11) is 0. The van der Waals surface area contributed by atoms with E-state index in [4.69, 9.17) is 9.40 Å². The molecule has 5 aromatic carbocycles. The van der Waals surface area contributed by atoms with Gasteiger partial charge in [-0.1, -0.05) is 84.9 Å². The number of aromatic nitrogens is 3. The van der Waals surface area contributed by atoms with Crippen molar-refractivity contribution < 1.29 is 4.42 Å². The lowest BCUT2D eigenvalue weighted by Crippen LogP contribution is -1.98.